The lowest BCUT2D eigenvalue weighted by molar-refractivity contribution is -0.305. The summed E-state index contributed by atoms with van der Waals surface area (Å²) in [6.45, 7) is 1.63. The minimum Gasteiger partial charge on any atom is -0.550 e. The minimum atomic E-state index is -1.25. The van der Waals surface area contributed by atoms with E-state index in [4.69, 9.17) is 28.6 Å². The van der Waals surface area contributed by atoms with Crippen molar-refractivity contribution in [3.63, 3.8) is 0 Å². The topological polar surface area (TPSA) is 98.8 Å². The van der Waals surface area contributed by atoms with Crippen molar-refractivity contribution in [2.75, 3.05) is 18.5 Å². The molecule has 10 heteroatoms. The molecule has 1 saturated heterocycles. The van der Waals surface area contributed by atoms with Gasteiger partial charge in [-0.15, -0.1) is 0 Å². The number of thioether (sulfide) groups is 1. The Hall–Kier alpha value is -2.88. The summed E-state index contributed by atoms with van der Waals surface area (Å²) < 4.78 is 5.85. The van der Waals surface area contributed by atoms with Crippen LogP contribution in [0.15, 0.2) is 47.4 Å². The Kier molecular flexibility index (Phi) is 7.89. The standard InChI is InChI=1S/C22H19ClN2O5S2/c1-13-5-6-15(11-17(13)23)24-19(26)12-30-16-4-2-3-14(9-16)10-18-21(29)25(22(31)32-18)8-7-20(27)28/h2-6,9-11H,7-8,12H2,1H3,(H,24,26)(H,27,28)/p-1/b18-10-. The zero-order valence-corrected chi connectivity index (χ0v) is 19.3. The number of carbonyl (C=O) groups excluding carboxylic acids is 3. The molecule has 0 aliphatic carbocycles. The maximum atomic E-state index is 12.5. The average molecular weight is 490 g/mol. The molecule has 166 valence electrons. The van der Waals surface area contributed by atoms with Crippen molar-refractivity contribution >= 4 is 69.4 Å². The summed E-state index contributed by atoms with van der Waals surface area (Å²) in [6, 6.07) is 12.1. The van der Waals surface area contributed by atoms with Crippen LogP contribution in [0.1, 0.15) is 17.5 Å². The summed E-state index contributed by atoms with van der Waals surface area (Å²) in [5.41, 5.74) is 2.16. The maximum Gasteiger partial charge on any atom is 0.266 e. The molecular weight excluding hydrogens is 472 g/mol. The van der Waals surface area contributed by atoms with E-state index >= 15 is 0 Å². The Morgan fingerprint density at radius 3 is 2.78 bits per heavy atom. The van der Waals surface area contributed by atoms with Crippen LogP contribution < -0.4 is 15.2 Å². The number of thiocarbonyl (C=S) groups is 1. The Labute approximate surface area is 199 Å². The summed E-state index contributed by atoms with van der Waals surface area (Å²) in [5, 5.41) is 13.9. The third kappa shape index (κ3) is 6.32. The molecule has 0 aromatic heterocycles. The van der Waals surface area contributed by atoms with E-state index in [9.17, 15) is 19.5 Å². The molecule has 1 aliphatic rings. The van der Waals surface area contributed by atoms with E-state index in [0.29, 0.717) is 31.2 Å². The number of hydrogen-bond donors (Lipinski definition) is 1. The van der Waals surface area contributed by atoms with Crippen molar-refractivity contribution in [2.24, 2.45) is 0 Å². The summed E-state index contributed by atoms with van der Waals surface area (Å²) in [5.74, 6) is -1.50. The summed E-state index contributed by atoms with van der Waals surface area (Å²) in [6.07, 6.45) is 1.35. The first-order valence-electron chi connectivity index (χ1n) is 9.47. The van der Waals surface area contributed by atoms with Gasteiger partial charge in [0.25, 0.3) is 11.8 Å². The Bertz CT molecular complexity index is 1120. The van der Waals surface area contributed by atoms with E-state index in [2.05, 4.69) is 5.32 Å². The molecule has 0 saturated carbocycles. The molecule has 1 fully saturated rings. The van der Waals surface area contributed by atoms with Gasteiger partial charge in [-0.3, -0.25) is 14.5 Å². The Morgan fingerprint density at radius 1 is 1.28 bits per heavy atom. The molecule has 2 aromatic carbocycles. The second-order valence-electron chi connectivity index (χ2n) is 6.83. The third-order valence-electron chi connectivity index (χ3n) is 4.39. The van der Waals surface area contributed by atoms with Gasteiger partial charge in [0.1, 0.15) is 10.1 Å². The Balaban J connectivity index is 1.61. The van der Waals surface area contributed by atoms with E-state index in [0.717, 1.165) is 17.3 Å². The quantitative estimate of drug-likeness (QED) is 0.449. The van der Waals surface area contributed by atoms with Gasteiger partial charge in [-0.25, -0.2) is 0 Å². The molecule has 0 spiro atoms. The van der Waals surface area contributed by atoms with Gasteiger partial charge in [-0.2, -0.15) is 0 Å². The van der Waals surface area contributed by atoms with Crippen LogP contribution in [0, 0.1) is 6.92 Å². The predicted molar refractivity (Wildman–Crippen MR) is 126 cm³/mol. The zero-order chi connectivity index (χ0) is 23.3. The molecule has 1 aliphatic heterocycles. The number of hydrogen-bond acceptors (Lipinski definition) is 7. The number of ether oxygens (including phenoxy) is 1. The third-order valence-corrected chi connectivity index (χ3v) is 6.18. The number of aryl methyl sites for hydroxylation is 1. The number of nitrogens with zero attached hydrogens (tertiary/aromatic N) is 1. The zero-order valence-electron chi connectivity index (χ0n) is 16.9. The molecule has 2 aromatic rings. The minimum absolute atomic E-state index is 0.0329. The van der Waals surface area contributed by atoms with Crippen LogP contribution in [0.25, 0.3) is 6.08 Å². The fourth-order valence-corrected chi connectivity index (χ4v) is 4.25. The molecule has 0 atom stereocenters. The number of amides is 2. The fourth-order valence-electron chi connectivity index (χ4n) is 2.76. The van der Waals surface area contributed by atoms with Gasteiger partial charge in [0.15, 0.2) is 6.61 Å². The molecule has 0 radical (unpaired) electrons. The van der Waals surface area contributed by atoms with Crippen molar-refractivity contribution in [3.8, 4) is 5.75 Å². The summed E-state index contributed by atoms with van der Waals surface area (Å²) >= 11 is 12.3. The van der Waals surface area contributed by atoms with Gasteiger partial charge in [-0.05, 0) is 48.4 Å². The number of halogens is 1. The lowest BCUT2D eigenvalue weighted by Gasteiger charge is -2.14. The number of carbonyl (C=O) groups is 3. The highest BCUT2D eigenvalue weighted by molar-refractivity contribution is 8.26. The number of rotatable bonds is 8. The maximum absolute atomic E-state index is 12.5. The molecule has 2 amide bonds. The van der Waals surface area contributed by atoms with E-state index < -0.39 is 5.97 Å². The Morgan fingerprint density at radius 2 is 2.06 bits per heavy atom. The lowest BCUT2D eigenvalue weighted by Crippen LogP contribution is -2.33. The SMILES string of the molecule is Cc1ccc(NC(=O)COc2cccc(/C=C3\SC(=S)N(CCC(=O)[O-])C3=O)c2)cc1Cl. The number of carboxylic acids is 1. The molecule has 0 unspecified atom stereocenters. The van der Waals surface area contributed by atoms with Crippen LogP contribution in [-0.4, -0.2) is 40.2 Å². The van der Waals surface area contributed by atoms with Gasteiger partial charge in [-0.1, -0.05) is 53.8 Å². The lowest BCUT2D eigenvalue weighted by atomic mass is 10.2. The van der Waals surface area contributed by atoms with Crippen LogP contribution in [-0.2, 0) is 14.4 Å². The fraction of sp³-hybridized carbons (Fsp3) is 0.182. The van der Waals surface area contributed by atoms with E-state index in [1.165, 1.54) is 4.90 Å². The first-order valence-corrected chi connectivity index (χ1v) is 11.1. The van der Waals surface area contributed by atoms with Crippen LogP contribution in [0.4, 0.5) is 5.69 Å². The molecule has 32 heavy (non-hydrogen) atoms. The molecule has 7 nitrogen and oxygen atoms in total. The average Bonchev–Trinajstić information content (AvgIpc) is 3.00. The van der Waals surface area contributed by atoms with Crippen LogP contribution in [0.2, 0.25) is 5.02 Å². The number of carboxylic acid groups (broad SMARTS) is 1. The van der Waals surface area contributed by atoms with E-state index in [-0.39, 0.29) is 31.4 Å². The smallest absolute Gasteiger partial charge is 0.266 e. The normalized spacial score (nSPS) is 14.7. The van der Waals surface area contributed by atoms with Gasteiger partial charge < -0.3 is 20.0 Å². The second kappa shape index (κ2) is 10.6. The first kappa shape index (κ1) is 23.8. The van der Waals surface area contributed by atoms with Crippen molar-refractivity contribution < 1.29 is 24.2 Å². The molecule has 1 heterocycles. The highest BCUT2D eigenvalue weighted by Gasteiger charge is 2.31. The van der Waals surface area contributed by atoms with Crippen molar-refractivity contribution in [1.82, 2.24) is 4.90 Å². The van der Waals surface area contributed by atoms with Crippen molar-refractivity contribution in [1.29, 1.82) is 0 Å². The predicted octanol–water partition coefficient (Wildman–Crippen LogP) is 3.01. The molecular formula is C22H18ClN2O5S2-. The molecule has 0 bridgehead atoms. The van der Waals surface area contributed by atoms with Crippen molar-refractivity contribution in [2.45, 2.75) is 13.3 Å². The number of anilines is 1. The van der Waals surface area contributed by atoms with E-state index in [1.54, 1.807) is 42.5 Å². The van der Waals surface area contributed by atoms with Crippen LogP contribution >= 0.6 is 35.6 Å². The largest absolute Gasteiger partial charge is 0.550 e. The van der Waals surface area contributed by atoms with Crippen LogP contribution in [0.5, 0.6) is 5.75 Å². The summed E-state index contributed by atoms with van der Waals surface area (Å²) in [7, 11) is 0. The first-order chi connectivity index (χ1) is 15.2. The monoisotopic (exact) mass is 489 g/mol. The van der Waals surface area contributed by atoms with Crippen molar-refractivity contribution in [3.05, 3.63) is 63.5 Å². The molecule has 3 rings (SSSR count). The van der Waals surface area contributed by atoms with Crippen LogP contribution in [0.3, 0.4) is 0 Å². The number of aliphatic carboxylic acids is 1. The number of benzene rings is 2. The second-order valence-corrected chi connectivity index (χ2v) is 8.91. The van der Waals surface area contributed by atoms with Gasteiger partial charge >= 0.3 is 0 Å². The van der Waals surface area contributed by atoms with Gasteiger partial charge in [0, 0.05) is 29.6 Å². The summed E-state index contributed by atoms with van der Waals surface area (Å²) in [4.78, 5) is 36.9. The number of nitrogens with one attached hydrogen (secondary N) is 1. The van der Waals surface area contributed by atoms with E-state index in [1.807, 2.05) is 13.0 Å². The highest BCUT2D eigenvalue weighted by Crippen LogP contribution is 2.33. The highest BCUT2D eigenvalue weighted by atomic mass is 35.5. The van der Waals surface area contributed by atoms with Gasteiger partial charge in [0.05, 0.1) is 4.91 Å². The van der Waals surface area contributed by atoms with Gasteiger partial charge in [0.2, 0.25) is 0 Å². The molecule has 1 N–H and O–H groups in total.